The van der Waals surface area contributed by atoms with Crippen LogP contribution in [0.25, 0.3) is 0 Å². The van der Waals surface area contributed by atoms with Gasteiger partial charge in [-0.15, -0.1) is 0 Å². The van der Waals surface area contributed by atoms with Crippen molar-refractivity contribution in [1.29, 1.82) is 0 Å². The molecule has 2 heterocycles. The molecule has 4 heteroatoms. The largest absolute Gasteiger partial charge is 0.491 e. The molecule has 0 atom stereocenters. The van der Waals surface area contributed by atoms with E-state index in [1.165, 1.54) is 11.5 Å². The van der Waals surface area contributed by atoms with Crippen molar-refractivity contribution in [2.24, 2.45) is 5.92 Å². The molecule has 1 aromatic rings. The third-order valence-electron chi connectivity index (χ3n) is 2.24. The number of aromatic nitrogens is 1. The first kappa shape index (κ1) is 8.97. The molecule has 1 saturated heterocycles. The molecule has 0 saturated carbocycles. The Morgan fingerprint density at radius 1 is 1.54 bits per heavy atom. The molecule has 3 nitrogen and oxygen atoms in total. The third-order valence-corrected chi connectivity index (χ3v) is 2.80. The maximum atomic E-state index is 5.58. The van der Waals surface area contributed by atoms with Gasteiger partial charge in [0, 0.05) is 13.2 Å². The minimum absolute atomic E-state index is 0.661. The summed E-state index contributed by atoms with van der Waals surface area (Å²) in [4.78, 5) is 0. The lowest BCUT2D eigenvalue weighted by Crippen LogP contribution is -2.21. The zero-order valence-corrected chi connectivity index (χ0v) is 8.26. The molecule has 2 rings (SSSR count). The quantitative estimate of drug-likeness (QED) is 0.745. The standard InChI is InChI=1S/C9H13NO2S/c1-3-11-4-2-8(1)6-12-9-5-10-13-7-9/h5,7-8H,1-4,6H2. The zero-order valence-electron chi connectivity index (χ0n) is 7.44. The van der Waals surface area contributed by atoms with Gasteiger partial charge in [0.15, 0.2) is 0 Å². The van der Waals surface area contributed by atoms with Crippen molar-refractivity contribution in [1.82, 2.24) is 4.37 Å². The summed E-state index contributed by atoms with van der Waals surface area (Å²) in [7, 11) is 0. The molecule has 1 fully saturated rings. The van der Waals surface area contributed by atoms with Gasteiger partial charge >= 0.3 is 0 Å². The Labute approximate surface area is 81.8 Å². The van der Waals surface area contributed by atoms with Gasteiger partial charge in [-0.25, -0.2) is 0 Å². The maximum Gasteiger partial charge on any atom is 0.149 e. The maximum absolute atomic E-state index is 5.58. The smallest absolute Gasteiger partial charge is 0.149 e. The molecule has 1 aliphatic rings. The summed E-state index contributed by atoms with van der Waals surface area (Å²) in [6, 6.07) is 0. The first-order valence-electron chi connectivity index (χ1n) is 4.55. The lowest BCUT2D eigenvalue weighted by Gasteiger charge is -2.21. The summed E-state index contributed by atoms with van der Waals surface area (Å²) in [6.45, 7) is 2.58. The van der Waals surface area contributed by atoms with Crippen LogP contribution in [-0.4, -0.2) is 24.2 Å². The number of ether oxygens (including phenoxy) is 2. The van der Waals surface area contributed by atoms with E-state index < -0.39 is 0 Å². The van der Waals surface area contributed by atoms with E-state index in [0.29, 0.717) is 5.92 Å². The van der Waals surface area contributed by atoms with Crippen LogP contribution in [0.1, 0.15) is 12.8 Å². The van der Waals surface area contributed by atoms with Crippen molar-refractivity contribution < 1.29 is 9.47 Å². The van der Waals surface area contributed by atoms with Crippen LogP contribution in [0.15, 0.2) is 11.6 Å². The molecule has 13 heavy (non-hydrogen) atoms. The van der Waals surface area contributed by atoms with Crippen LogP contribution < -0.4 is 4.74 Å². The molecule has 72 valence electrons. The fourth-order valence-corrected chi connectivity index (χ4v) is 1.85. The van der Waals surface area contributed by atoms with E-state index in [9.17, 15) is 0 Å². The molecule has 0 radical (unpaired) electrons. The first-order chi connectivity index (χ1) is 6.45. The summed E-state index contributed by atoms with van der Waals surface area (Å²) in [6.07, 6.45) is 4.01. The highest BCUT2D eigenvalue weighted by atomic mass is 32.1. The molecule has 0 unspecified atom stereocenters. The number of nitrogens with zero attached hydrogens (tertiary/aromatic N) is 1. The van der Waals surface area contributed by atoms with Crippen LogP contribution in [0.2, 0.25) is 0 Å². The van der Waals surface area contributed by atoms with E-state index in [-0.39, 0.29) is 0 Å². The summed E-state index contributed by atoms with van der Waals surface area (Å²) in [5.41, 5.74) is 0. The van der Waals surface area contributed by atoms with Gasteiger partial charge in [0.2, 0.25) is 0 Å². The molecule has 0 amide bonds. The Balaban J connectivity index is 1.72. The molecule has 0 spiro atoms. The van der Waals surface area contributed by atoms with Crippen LogP contribution in [0.4, 0.5) is 0 Å². The van der Waals surface area contributed by atoms with Gasteiger partial charge in [-0.05, 0) is 30.3 Å². The second kappa shape index (κ2) is 4.58. The van der Waals surface area contributed by atoms with E-state index in [0.717, 1.165) is 38.4 Å². The van der Waals surface area contributed by atoms with Crippen molar-refractivity contribution in [2.75, 3.05) is 19.8 Å². The second-order valence-corrected chi connectivity index (χ2v) is 3.88. The van der Waals surface area contributed by atoms with Crippen LogP contribution in [-0.2, 0) is 4.74 Å². The summed E-state index contributed by atoms with van der Waals surface area (Å²) < 4.78 is 14.8. The van der Waals surface area contributed by atoms with Gasteiger partial charge in [-0.3, -0.25) is 0 Å². The van der Waals surface area contributed by atoms with Crippen LogP contribution in [0, 0.1) is 5.92 Å². The highest BCUT2D eigenvalue weighted by Crippen LogP contribution is 2.18. The van der Waals surface area contributed by atoms with Crippen molar-refractivity contribution in [3.63, 3.8) is 0 Å². The van der Waals surface area contributed by atoms with Gasteiger partial charge in [0.25, 0.3) is 0 Å². The molecule has 1 aromatic heterocycles. The fourth-order valence-electron chi connectivity index (χ4n) is 1.39. The predicted molar refractivity (Wildman–Crippen MR) is 51.2 cm³/mol. The van der Waals surface area contributed by atoms with E-state index in [1.807, 2.05) is 5.38 Å². The fraction of sp³-hybridized carbons (Fsp3) is 0.667. The highest BCUT2D eigenvalue weighted by Gasteiger charge is 2.14. The Hall–Kier alpha value is -0.610. The van der Waals surface area contributed by atoms with E-state index in [1.54, 1.807) is 6.20 Å². The molecule has 0 aromatic carbocycles. The topological polar surface area (TPSA) is 31.4 Å². The normalized spacial score (nSPS) is 18.8. The second-order valence-electron chi connectivity index (χ2n) is 3.23. The third kappa shape index (κ3) is 2.67. The number of rotatable bonds is 3. The van der Waals surface area contributed by atoms with Gasteiger partial charge in [-0.1, -0.05) is 0 Å². The molecule has 1 aliphatic heterocycles. The van der Waals surface area contributed by atoms with Crippen molar-refractivity contribution >= 4 is 11.5 Å². The lowest BCUT2D eigenvalue weighted by atomic mass is 10.0. The zero-order chi connectivity index (χ0) is 8.93. The predicted octanol–water partition coefficient (Wildman–Crippen LogP) is 1.95. The monoisotopic (exact) mass is 199 g/mol. The van der Waals surface area contributed by atoms with E-state index in [4.69, 9.17) is 9.47 Å². The minimum Gasteiger partial charge on any atom is -0.491 e. The minimum atomic E-state index is 0.661. The Morgan fingerprint density at radius 2 is 2.38 bits per heavy atom. The van der Waals surface area contributed by atoms with Gasteiger partial charge in [0.1, 0.15) is 5.75 Å². The van der Waals surface area contributed by atoms with Crippen molar-refractivity contribution in [2.45, 2.75) is 12.8 Å². The molecular weight excluding hydrogens is 186 g/mol. The average molecular weight is 199 g/mol. The number of hydrogen-bond acceptors (Lipinski definition) is 4. The van der Waals surface area contributed by atoms with Crippen molar-refractivity contribution in [3.05, 3.63) is 11.6 Å². The lowest BCUT2D eigenvalue weighted by molar-refractivity contribution is 0.0498. The van der Waals surface area contributed by atoms with Crippen molar-refractivity contribution in [3.8, 4) is 5.75 Å². The van der Waals surface area contributed by atoms with Gasteiger partial charge in [-0.2, -0.15) is 4.37 Å². The Morgan fingerprint density at radius 3 is 3.08 bits per heavy atom. The van der Waals surface area contributed by atoms with Gasteiger partial charge in [0.05, 0.1) is 18.2 Å². The Kier molecular flexibility index (Phi) is 3.16. The van der Waals surface area contributed by atoms with E-state index in [2.05, 4.69) is 4.37 Å². The summed E-state index contributed by atoms with van der Waals surface area (Å²) in [5, 5.41) is 1.93. The molecule has 0 bridgehead atoms. The Bertz CT molecular complexity index is 232. The van der Waals surface area contributed by atoms with Crippen LogP contribution >= 0.6 is 11.5 Å². The van der Waals surface area contributed by atoms with Gasteiger partial charge < -0.3 is 9.47 Å². The summed E-state index contributed by atoms with van der Waals surface area (Å²) >= 11 is 1.43. The van der Waals surface area contributed by atoms with E-state index >= 15 is 0 Å². The number of hydrogen-bond donors (Lipinski definition) is 0. The SMILES string of the molecule is c1nscc1OCC1CCOCC1. The summed E-state index contributed by atoms with van der Waals surface area (Å²) in [5.74, 6) is 1.56. The average Bonchev–Trinajstić information content (AvgIpc) is 2.69. The highest BCUT2D eigenvalue weighted by molar-refractivity contribution is 7.03. The van der Waals surface area contributed by atoms with Crippen LogP contribution in [0.3, 0.4) is 0 Å². The molecule has 0 aliphatic carbocycles. The molecular formula is C9H13NO2S. The molecule has 0 N–H and O–H groups in total. The first-order valence-corrected chi connectivity index (χ1v) is 5.39. The van der Waals surface area contributed by atoms with Crippen LogP contribution in [0.5, 0.6) is 5.75 Å².